The molecule has 2 rings (SSSR count). The minimum Gasteiger partial charge on any atom is -0.369 e. The van der Waals surface area contributed by atoms with Gasteiger partial charge in [-0.25, -0.2) is 9.97 Å². The Morgan fingerprint density at radius 3 is 2.88 bits per heavy atom. The molecule has 0 aliphatic heterocycles. The topological polar surface area (TPSA) is 61.6 Å². The molecule has 2 aromatic rings. The first-order chi connectivity index (χ1) is 7.85. The molecule has 0 fully saturated rings. The van der Waals surface area contributed by atoms with Gasteiger partial charge in [-0.3, -0.25) is 0 Å². The Balaban J connectivity index is 2.43. The monoisotopic (exact) mass is 230 g/mol. The number of thiophene rings is 1. The van der Waals surface area contributed by atoms with E-state index in [0.29, 0.717) is 4.88 Å². The van der Waals surface area contributed by atoms with Crippen molar-refractivity contribution in [1.29, 1.82) is 5.26 Å². The van der Waals surface area contributed by atoms with Crippen LogP contribution < -0.4 is 5.32 Å². The fourth-order valence-corrected chi connectivity index (χ4v) is 2.14. The molecule has 0 aliphatic carbocycles. The SMILES string of the molecule is CCNc1nccnc1-c1ccc(C#N)s1. The molecule has 0 radical (unpaired) electrons. The summed E-state index contributed by atoms with van der Waals surface area (Å²) in [5.74, 6) is 0.760. The molecule has 0 aliphatic rings. The van der Waals surface area contributed by atoms with Gasteiger partial charge in [0.1, 0.15) is 16.6 Å². The maximum Gasteiger partial charge on any atom is 0.153 e. The molecule has 1 N–H and O–H groups in total. The van der Waals surface area contributed by atoms with Crippen LogP contribution in [0.1, 0.15) is 11.8 Å². The van der Waals surface area contributed by atoms with Gasteiger partial charge in [0.15, 0.2) is 5.82 Å². The van der Waals surface area contributed by atoms with E-state index in [9.17, 15) is 0 Å². The van der Waals surface area contributed by atoms with Crippen LogP contribution >= 0.6 is 11.3 Å². The normalized spacial score (nSPS) is 9.75. The largest absolute Gasteiger partial charge is 0.369 e. The Bertz CT molecular complexity index is 527. The number of anilines is 1. The zero-order valence-corrected chi connectivity index (χ0v) is 9.58. The zero-order valence-electron chi connectivity index (χ0n) is 8.77. The summed E-state index contributed by atoms with van der Waals surface area (Å²) in [4.78, 5) is 10.2. The highest BCUT2D eigenvalue weighted by atomic mass is 32.1. The lowest BCUT2D eigenvalue weighted by atomic mass is 10.3. The van der Waals surface area contributed by atoms with Crippen molar-refractivity contribution in [2.24, 2.45) is 0 Å². The summed E-state index contributed by atoms with van der Waals surface area (Å²) in [6.45, 7) is 2.80. The van der Waals surface area contributed by atoms with Gasteiger partial charge in [0.25, 0.3) is 0 Å². The van der Waals surface area contributed by atoms with Crippen molar-refractivity contribution in [3.63, 3.8) is 0 Å². The maximum atomic E-state index is 8.78. The van der Waals surface area contributed by atoms with E-state index in [2.05, 4.69) is 21.4 Å². The molecule has 16 heavy (non-hydrogen) atoms. The molecule has 0 saturated carbocycles. The molecule has 0 amide bonds. The molecule has 80 valence electrons. The highest BCUT2D eigenvalue weighted by Crippen LogP contribution is 2.29. The molecular formula is C11H10N4S. The van der Waals surface area contributed by atoms with Gasteiger partial charge in [0, 0.05) is 18.9 Å². The lowest BCUT2D eigenvalue weighted by molar-refractivity contribution is 1.13. The lowest BCUT2D eigenvalue weighted by Gasteiger charge is -2.05. The van der Waals surface area contributed by atoms with Crippen LogP contribution in [0.25, 0.3) is 10.6 Å². The fourth-order valence-electron chi connectivity index (χ4n) is 1.34. The third-order valence-corrected chi connectivity index (χ3v) is 2.99. The predicted octanol–water partition coefficient (Wildman–Crippen LogP) is 2.51. The fraction of sp³-hybridized carbons (Fsp3) is 0.182. The Morgan fingerprint density at radius 2 is 2.19 bits per heavy atom. The third-order valence-electron chi connectivity index (χ3n) is 1.99. The van der Waals surface area contributed by atoms with Crippen LogP contribution in [-0.2, 0) is 0 Å². The minimum absolute atomic E-state index is 0.683. The van der Waals surface area contributed by atoms with Crippen LogP contribution in [-0.4, -0.2) is 16.5 Å². The maximum absolute atomic E-state index is 8.78. The number of aromatic nitrogens is 2. The van der Waals surface area contributed by atoms with Crippen LogP contribution in [0.15, 0.2) is 24.5 Å². The number of hydrogen-bond donors (Lipinski definition) is 1. The van der Waals surface area contributed by atoms with Gasteiger partial charge in [-0.05, 0) is 19.1 Å². The molecule has 0 saturated heterocycles. The summed E-state index contributed by atoms with van der Waals surface area (Å²) in [5.41, 5.74) is 0.802. The minimum atomic E-state index is 0.683. The number of rotatable bonds is 3. The highest BCUT2D eigenvalue weighted by Gasteiger charge is 2.09. The predicted molar refractivity (Wildman–Crippen MR) is 64.2 cm³/mol. The molecule has 0 unspecified atom stereocenters. The first-order valence-corrected chi connectivity index (χ1v) is 5.72. The van der Waals surface area contributed by atoms with E-state index in [1.807, 2.05) is 13.0 Å². The summed E-state index contributed by atoms with van der Waals surface area (Å²) in [5, 5.41) is 11.9. The molecular weight excluding hydrogens is 220 g/mol. The molecule has 0 atom stereocenters. The summed E-state index contributed by atoms with van der Waals surface area (Å²) in [6, 6.07) is 5.81. The molecule has 2 aromatic heterocycles. The summed E-state index contributed by atoms with van der Waals surface area (Å²) >= 11 is 1.42. The van der Waals surface area contributed by atoms with Crippen molar-refractivity contribution >= 4 is 17.2 Å². The molecule has 0 aromatic carbocycles. The number of nitrogens with zero attached hydrogens (tertiary/aromatic N) is 3. The van der Waals surface area contributed by atoms with E-state index in [1.54, 1.807) is 18.5 Å². The molecule has 0 spiro atoms. The molecule has 0 bridgehead atoms. The number of nitrogens with one attached hydrogen (secondary N) is 1. The van der Waals surface area contributed by atoms with Gasteiger partial charge in [-0.1, -0.05) is 0 Å². The van der Waals surface area contributed by atoms with E-state index in [1.165, 1.54) is 11.3 Å². The Hall–Kier alpha value is -1.93. The lowest BCUT2D eigenvalue weighted by Crippen LogP contribution is -2.01. The van der Waals surface area contributed by atoms with Crippen molar-refractivity contribution in [3.05, 3.63) is 29.4 Å². The summed E-state index contributed by atoms with van der Waals surface area (Å²) in [6.07, 6.45) is 3.31. The second-order valence-electron chi connectivity index (χ2n) is 3.06. The molecule has 5 heteroatoms. The molecule has 4 nitrogen and oxygen atoms in total. The van der Waals surface area contributed by atoms with Gasteiger partial charge >= 0.3 is 0 Å². The van der Waals surface area contributed by atoms with E-state index >= 15 is 0 Å². The van der Waals surface area contributed by atoms with Crippen LogP contribution in [0.2, 0.25) is 0 Å². The van der Waals surface area contributed by atoms with Crippen molar-refractivity contribution in [2.75, 3.05) is 11.9 Å². The smallest absolute Gasteiger partial charge is 0.153 e. The third kappa shape index (κ3) is 2.02. The highest BCUT2D eigenvalue weighted by molar-refractivity contribution is 7.16. The number of nitriles is 1. The average molecular weight is 230 g/mol. The quantitative estimate of drug-likeness (QED) is 0.880. The van der Waals surface area contributed by atoms with Gasteiger partial charge in [0.2, 0.25) is 0 Å². The second-order valence-corrected chi connectivity index (χ2v) is 4.14. The van der Waals surface area contributed by atoms with Gasteiger partial charge < -0.3 is 5.32 Å². The van der Waals surface area contributed by atoms with Crippen LogP contribution in [0.5, 0.6) is 0 Å². The van der Waals surface area contributed by atoms with Crippen molar-refractivity contribution in [2.45, 2.75) is 6.92 Å². The van der Waals surface area contributed by atoms with E-state index in [4.69, 9.17) is 5.26 Å². The summed E-state index contributed by atoms with van der Waals surface area (Å²) in [7, 11) is 0. The van der Waals surface area contributed by atoms with Crippen molar-refractivity contribution in [1.82, 2.24) is 9.97 Å². The van der Waals surface area contributed by atoms with Crippen LogP contribution in [0, 0.1) is 11.3 Å². The Morgan fingerprint density at radius 1 is 1.38 bits per heavy atom. The Labute approximate surface area is 97.6 Å². The summed E-state index contributed by atoms with van der Waals surface area (Å²) < 4.78 is 0. The zero-order chi connectivity index (χ0) is 11.4. The van der Waals surface area contributed by atoms with E-state index in [0.717, 1.165) is 22.9 Å². The standard InChI is InChI=1S/C11H10N4S/c1-2-13-11-10(14-5-6-15-11)9-4-3-8(7-12)16-9/h3-6H,2H2,1H3,(H,13,15). The second kappa shape index (κ2) is 4.73. The number of hydrogen-bond acceptors (Lipinski definition) is 5. The van der Waals surface area contributed by atoms with Gasteiger partial charge in [-0.2, -0.15) is 5.26 Å². The van der Waals surface area contributed by atoms with Crippen LogP contribution in [0.3, 0.4) is 0 Å². The molecule has 2 heterocycles. The van der Waals surface area contributed by atoms with Crippen LogP contribution in [0.4, 0.5) is 5.82 Å². The van der Waals surface area contributed by atoms with E-state index < -0.39 is 0 Å². The van der Waals surface area contributed by atoms with E-state index in [-0.39, 0.29) is 0 Å². The van der Waals surface area contributed by atoms with Crippen molar-refractivity contribution in [3.8, 4) is 16.6 Å². The van der Waals surface area contributed by atoms with Gasteiger partial charge in [-0.15, -0.1) is 11.3 Å². The first kappa shape index (κ1) is 10.6. The first-order valence-electron chi connectivity index (χ1n) is 4.90. The van der Waals surface area contributed by atoms with Gasteiger partial charge in [0.05, 0.1) is 4.88 Å². The Kier molecular flexibility index (Phi) is 3.13. The average Bonchev–Trinajstić information content (AvgIpc) is 2.79. The van der Waals surface area contributed by atoms with Crippen molar-refractivity contribution < 1.29 is 0 Å².